The van der Waals surface area contributed by atoms with E-state index in [1.165, 1.54) is 5.56 Å². The molecule has 1 radical (unpaired) electrons. The molecule has 3 rings (SSSR count). The molecule has 0 bridgehead atoms. The van der Waals surface area contributed by atoms with Crippen LogP contribution in [0.2, 0.25) is 0 Å². The van der Waals surface area contributed by atoms with Gasteiger partial charge in [-0.1, -0.05) is 60.7 Å². The summed E-state index contributed by atoms with van der Waals surface area (Å²) in [6.07, 6.45) is 1.97. The van der Waals surface area contributed by atoms with Gasteiger partial charge in [0.05, 0.1) is 0 Å². The number of aryl methyl sites for hydroxylation is 1. The molecule has 3 atom stereocenters. The van der Waals surface area contributed by atoms with Gasteiger partial charge in [0.1, 0.15) is 18.1 Å². The monoisotopic (exact) mass is 418 g/mol. The van der Waals surface area contributed by atoms with E-state index in [0.717, 1.165) is 18.4 Å². The van der Waals surface area contributed by atoms with Crippen molar-refractivity contribution in [3.8, 4) is 0 Å². The van der Waals surface area contributed by atoms with Gasteiger partial charge in [-0.15, -0.1) is 0 Å². The van der Waals surface area contributed by atoms with Crippen LogP contribution in [0.5, 0.6) is 0 Å². The predicted octanol–water partition coefficient (Wildman–Crippen LogP) is 0.507. The number of rotatable bonds is 10. The first-order chi connectivity index (χ1) is 14.0. The minimum atomic E-state index is -1.07. The standard InChI is InChI=1S/C22H25N3O4.Na/c26-20(23-13-7-12-15-8-3-1-4-9-15)17(14-16-10-5-2-6-11-16)24-21(27)18-19(25-18)22(28)29;/h1-6,8-11,17-19,25H,7,12-14H2,(H,23,26)(H,24,27)(H,28,29);/t17-,18-,19-;/m0./s1. The maximum Gasteiger partial charge on any atom is 0.322 e. The SMILES string of the molecule is O=C(NCCCc1ccccc1)[C@H](Cc1ccccc1)NC(=O)[C@H]1N[C@@H]1C(=O)O.[Na]. The van der Waals surface area contributed by atoms with Gasteiger partial charge in [-0.3, -0.25) is 19.7 Å². The maximum absolute atomic E-state index is 12.7. The maximum atomic E-state index is 12.7. The molecular weight excluding hydrogens is 393 g/mol. The minimum Gasteiger partial charge on any atom is -0.480 e. The van der Waals surface area contributed by atoms with Crippen LogP contribution in [-0.2, 0) is 27.2 Å². The van der Waals surface area contributed by atoms with Crippen molar-refractivity contribution in [2.75, 3.05) is 6.54 Å². The molecule has 2 amide bonds. The molecular formula is C22H25N3NaO4. The quantitative estimate of drug-likeness (QED) is 0.255. The van der Waals surface area contributed by atoms with Crippen molar-refractivity contribution < 1.29 is 19.5 Å². The van der Waals surface area contributed by atoms with Crippen molar-refractivity contribution in [3.63, 3.8) is 0 Å². The summed E-state index contributed by atoms with van der Waals surface area (Å²) in [6.45, 7) is 0.494. The fourth-order valence-corrected chi connectivity index (χ4v) is 3.17. The summed E-state index contributed by atoms with van der Waals surface area (Å²) in [5.74, 6) is -1.82. The summed E-state index contributed by atoms with van der Waals surface area (Å²) < 4.78 is 0. The van der Waals surface area contributed by atoms with Crippen LogP contribution in [0.3, 0.4) is 0 Å². The van der Waals surface area contributed by atoms with Crippen LogP contribution in [0.1, 0.15) is 17.5 Å². The molecule has 1 saturated heterocycles. The predicted molar refractivity (Wildman–Crippen MR) is 114 cm³/mol. The topological polar surface area (TPSA) is 117 Å². The van der Waals surface area contributed by atoms with Crippen LogP contribution < -0.4 is 16.0 Å². The van der Waals surface area contributed by atoms with Crippen molar-refractivity contribution in [1.29, 1.82) is 0 Å². The van der Waals surface area contributed by atoms with Crippen LogP contribution in [0, 0.1) is 0 Å². The number of nitrogens with one attached hydrogen (secondary N) is 3. The Bertz CT molecular complexity index is 848. The number of amides is 2. The summed E-state index contributed by atoms with van der Waals surface area (Å²) in [6, 6.07) is 17.0. The van der Waals surface area contributed by atoms with Crippen LogP contribution in [0.4, 0.5) is 0 Å². The van der Waals surface area contributed by atoms with E-state index in [1.807, 2.05) is 60.7 Å². The molecule has 0 spiro atoms. The molecule has 1 aliphatic rings. The Morgan fingerprint density at radius 1 is 0.933 bits per heavy atom. The average molecular weight is 418 g/mol. The molecule has 153 valence electrons. The van der Waals surface area contributed by atoms with Crippen molar-refractivity contribution in [2.24, 2.45) is 0 Å². The van der Waals surface area contributed by atoms with Gasteiger partial charge in [-0.05, 0) is 24.0 Å². The first-order valence-electron chi connectivity index (χ1n) is 9.69. The molecule has 0 unspecified atom stereocenters. The van der Waals surface area contributed by atoms with Gasteiger partial charge in [0, 0.05) is 42.5 Å². The van der Waals surface area contributed by atoms with E-state index in [1.54, 1.807) is 0 Å². The van der Waals surface area contributed by atoms with E-state index in [4.69, 9.17) is 5.11 Å². The molecule has 8 heteroatoms. The number of hydrogen-bond acceptors (Lipinski definition) is 4. The third-order valence-electron chi connectivity index (χ3n) is 4.83. The number of carboxylic acids is 1. The normalized spacial score (nSPS) is 17.9. The third-order valence-corrected chi connectivity index (χ3v) is 4.83. The average Bonchev–Trinajstić information content (AvgIpc) is 3.53. The Hall–Kier alpha value is -2.19. The van der Waals surface area contributed by atoms with Gasteiger partial charge >= 0.3 is 5.97 Å². The molecule has 1 aliphatic heterocycles. The fraction of sp³-hybridized carbons (Fsp3) is 0.318. The van der Waals surface area contributed by atoms with Crippen molar-refractivity contribution in [1.82, 2.24) is 16.0 Å². The van der Waals surface area contributed by atoms with Crippen molar-refractivity contribution in [2.45, 2.75) is 37.4 Å². The summed E-state index contributed by atoms with van der Waals surface area (Å²) in [5.41, 5.74) is 2.12. The molecule has 7 nitrogen and oxygen atoms in total. The van der Waals surface area contributed by atoms with Crippen molar-refractivity contribution in [3.05, 3.63) is 71.8 Å². The van der Waals surface area contributed by atoms with Crippen LogP contribution in [0.15, 0.2) is 60.7 Å². The number of benzene rings is 2. The molecule has 2 aromatic rings. The Morgan fingerprint density at radius 3 is 2.10 bits per heavy atom. The molecule has 4 N–H and O–H groups in total. The van der Waals surface area contributed by atoms with Crippen LogP contribution in [0.25, 0.3) is 0 Å². The van der Waals surface area contributed by atoms with Crippen molar-refractivity contribution >= 4 is 47.3 Å². The number of carbonyl (C=O) groups is 3. The molecule has 1 heterocycles. The van der Waals surface area contributed by atoms with E-state index in [-0.39, 0.29) is 35.5 Å². The fourth-order valence-electron chi connectivity index (χ4n) is 3.17. The summed E-state index contributed by atoms with van der Waals surface area (Å²) >= 11 is 0. The van der Waals surface area contributed by atoms with E-state index in [0.29, 0.717) is 13.0 Å². The van der Waals surface area contributed by atoms with E-state index < -0.39 is 30.0 Å². The molecule has 1 fully saturated rings. The first kappa shape index (κ1) is 24.1. The second-order valence-electron chi connectivity index (χ2n) is 7.09. The molecule has 0 saturated carbocycles. The van der Waals surface area contributed by atoms with E-state index >= 15 is 0 Å². The number of carbonyl (C=O) groups excluding carboxylic acids is 2. The largest absolute Gasteiger partial charge is 0.480 e. The Kier molecular flexibility index (Phi) is 9.52. The van der Waals surface area contributed by atoms with Gasteiger partial charge in [0.25, 0.3) is 0 Å². The molecule has 30 heavy (non-hydrogen) atoms. The molecule has 0 aromatic heterocycles. The zero-order chi connectivity index (χ0) is 20.6. The van der Waals surface area contributed by atoms with Gasteiger partial charge in [0.2, 0.25) is 11.8 Å². The van der Waals surface area contributed by atoms with E-state index in [2.05, 4.69) is 16.0 Å². The smallest absolute Gasteiger partial charge is 0.322 e. The zero-order valence-electron chi connectivity index (χ0n) is 17.0. The minimum absolute atomic E-state index is 0. The number of aliphatic carboxylic acids is 1. The summed E-state index contributed by atoms with van der Waals surface area (Å²) in [7, 11) is 0. The first-order valence-corrected chi connectivity index (χ1v) is 9.69. The summed E-state index contributed by atoms with van der Waals surface area (Å²) in [5, 5.41) is 17.1. The molecule has 2 aromatic carbocycles. The molecule has 0 aliphatic carbocycles. The Morgan fingerprint density at radius 2 is 1.53 bits per heavy atom. The van der Waals surface area contributed by atoms with Gasteiger partial charge in [-0.25, -0.2) is 0 Å². The van der Waals surface area contributed by atoms with E-state index in [9.17, 15) is 14.4 Å². The second kappa shape index (κ2) is 11.9. The Balaban J connectivity index is 0.00000320. The third kappa shape index (κ3) is 7.25. The van der Waals surface area contributed by atoms with Crippen LogP contribution >= 0.6 is 0 Å². The number of hydrogen-bond donors (Lipinski definition) is 4. The number of carboxylic acid groups (broad SMARTS) is 1. The Labute approximate surface area is 197 Å². The second-order valence-corrected chi connectivity index (χ2v) is 7.09. The summed E-state index contributed by atoms with van der Waals surface area (Å²) in [4.78, 5) is 36.0. The van der Waals surface area contributed by atoms with Gasteiger partial charge < -0.3 is 15.7 Å². The van der Waals surface area contributed by atoms with Crippen LogP contribution in [-0.4, -0.2) is 77.1 Å². The van der Waals surface area contributed by atoms with Gasteiger partial charge in [0.15, 0.2) is 0 Å². The van der Waals surface area contributed by atoms with Gasteiger partial charge in [-0.2, -0.15) is 0 Å². The zero-order valence-corrected chi connectivity index (χ0v) is 19.0.